The fourth-order valence-corrected chi connectivity index (χ4v) is 9.44. The topological polar surface area (TPSA) is 111 Å². The molecule has 8 aromatic carbocycles. The first kappa shape index (κ1) is 41.7. The van der Waals surface area contributed by atoms with Gasteiger partial charge in [0.1, 0.15) is 69.0 Å². The molecule has 328 valence electrons. The molecule has 12 nitrogen and oxygen atoms in total. The zero-order valence-electron chi connectivity index (χ0n) is 37.8. The third kappa shape index (κ3) is 6.03. The molecule has 0 aliphatic heterocycles. The molecule has 0 heterocycles. The molecular formula is C52H48O12. The second-order valence-electron chi connectivity index (χ2n) is 15.0. The Bertz CT molecular complexity index is 2800. The van der Waals surface area contributed by atoms with E-state index in [-0.39, 0.29) is 0 Å². The molecule has 0 aromatic heterocycles. The van der Waals surface area contributed by atoms with Gasteiger partial charge in [-0.1, -0.05) is 0 Å². The molecule has 0 saturated carbocycles. The fourth-order valence-electron chi connectivity index (χ4n) is 9.44. The summed E-state index contributed by atoms with van der Waals surface area (Å²) < 4.78 is 74.7. The molecule has 0 radical (unpaired) electrons. The number of methoxy groups -OCH3 is 12. The molecule has 64 heavy (non-hydrogen) atoms. The summed E-state index contributed by atoms with van der Waals surface area (Å²) >= 11 is 0. The van der Waals surface area contributed by atoms with Gasteiger partial charge in [-0.2, -0.15) is 0 Å². The van der Waals surface area contributed by atoms with Crippen molar-refractivity contribution in [2.24, 2.45) is 0 Å². The summed E-state index contributed by atoms with van der Waals surface area (Å²) in [6, 6.07) is 23.7. The van der Waals surface area contributed by atoms with Crippen LogP contribution < -0.4 is 56.8 Å². The minimum Gasteiger partial charge on any atom is -0.496 e. The van der Waals surface area contributed by atoms with Gasteiger partial charge in [0.15, 0.2) is 0 Å². The van der Waals surface area contributed by atoms with E-state index < -0.39 is 0 Å². The SMILES string of the molecule is COc1cc(OC)c2cc1-c1cc(OC)c3cc4c(OC)cc(c(OC)c4cc3c1OC)-c1cc(c(OC)cc1OC)-c1cc(OC)c3cc4c(OC)cc-2c(OC)c4cc3c1OC. The maximum atomic E-state index is 6.39. The number of fused-ring (bicyclic) bond motifs is 12. The van der Waals surface area contributed by atoms with Gasteiger partial charge in [0.05, 0.1) is 85.3 Å². The van der Waals surface area contributed by atoms with E-state index in [0.717, 1.165) is 43.1 Å². The molecule has 0 amide bonds. The van der Waals surface area contributed by atoms with Gasteiger partial charge in [-0.3, -0.25) is 0 Å². The Labute approximate surface area is 370 Å². The molecule has 12 heteroatoms. The largest absolute Gasteiger partial charge is 0.496 e. The van der Waals surface area contributed by atoms with Crippen LogP contribution >= 0.6 is 0 Å². The molecule has 0 N–H and O–H groups in total. The van der Waals surface area contributed by atoms with Gasteiger partial charge in [-0.05, 0) is 60.7 Å². The van der Waals surface area contributed by atoms with Gasteiger partial charge in [-0.25, -0.2) is 0 Å². The van der Waals surface area contributed by atoms with Crippen LogP contribution in [0.25, 0.3) is 87.6 Å². The lowest BCUT2D eigenvalue weighted by atomic mass is 9.89. The van der Waals surface area contributed by atoms with Crippen molar-refractivity contribution in [3.8, 4) is 114 Å². The number of rotatable bonds is 12. The van der Waals surface area contributed by atoms with Crippen LogP contribution in [0.4, 0.5) is 0 Å². The predicted octanol–water partition coefficient (Wildman–Crippen LogP) is 11.4. The van der Waals surface area contributed by atoms with Gasteiger partial charge >= 0.3 is 0 Å². The van der Waals surface area contributed by atoms with Crippen molar-refractivity contribution >= 4 is 43.1 Å². The molecule has 12 bridgehead atoms. The first-order chi connectivity index (χ1) is 31.2. The van der Waals surface area contributed by atoms with Crippen molar-refractivity contribution < 1.29 is 56.8 Å². The van der Waals surface area contributed by atoms with Crippen LogP contribution in [0.3, 0.4) is 0 Å². The molecule has 8 aromatic rings. The highest BCUT2D eigenvalue weighted by Crippen LogP contribution is 2.56. The van der Waals surface area contributed by atoms with E-state index in [4.69, 9.17) is 56.8 Å². The summed E-state index contributed by atoms with van der Waals surface area (Å²) in [6.07, 6.45) is 0. The van der Waals surface area contributed by atoms with Gasteiger partial charge in [0.25, 0.3) is 0 Å². The fraction of sp³-hybridized carbons (Fsp3) is 0.231. The van der Waals surface area contributed by atoms with E-state index in [1.807, 2.05) is 72.8 Å². The Balaban J connectivity index is 1.58. The van der Waals surface area contributed by atoms with E-state index in [1.165, 1.54) is 0 Å². The molecule has 1 aliphatic carbocycles. The van der Waals surface area contributed by atoms with Crippen LogP contribution in [0.1, 0.15) is 0 Å². The van der Waals surface area contributed by atoms with Crippen molar-refractivity contribution in [2.45, 2.75) is 0 Å². The van der Waals surface area contributed by atoms with Crippen LogP contribution in [-0.4, -0.2) is 85.3 Å². The third-order valence-corrected chi connectivity index (χ3v) is 12.3. The Hall–Kier alpha value is -7.60. The summed E-state index contributed by atoms with van der Waals surface area (Å²) in [7, 11) is 19.7. The van der Waals surface area contributed by atoms with Crippen molar-refractivity contribution in [1.29, 1.82) is 0 Å². The van der Waals surface area contributed by atoms with Gasteiger partial charge in [0.2, 0.25) is 0 Å². The quantitative estimate of drug-likeness (QED) is 0.109. The standard InChI is InChI=1S/C52H48O12/c1-53-41-19-37-29-15-30(46(58-6)23-45(29)57-5)39-21-43(55-3)27-14-28-36(18-35(27)51(39)63-11)52(64-12)40(22-44(28)56-4)32-16-31(47(59-7)24-48(32)60-8)38-20-42(54-2)26-13-25(41)33(49(37)61-9)17-34(26)50(38)62-10/h13-24H,1-12H3. The Morgan fingerprint density at radius 2 is 0.375 bits per heavy atom. The van der Waals surface area contributed by atoms with Crippen molar-refractivity contribution in [3.63, 3.8) is 0 Å². The lowest BCUT2D eigenvalue weighted by Crippen LogP contribution is -2.01. The second kappa shape index (κ2) is 16.3. The van der Waals surface area contributed by atoms with Crippen LogP contribution in [0.5, 0.6) is 69.0 Å². The summed E-state index contributed by atoms with van der Waals surface area (Å²) in [5, 5.41) is 6.15. The van der Waals surface area contributed by atoms with Crippen LogP contribution in [0, 0.1) is 0 Å². The minimum atomic E-state index is 0.536. The van der Waals surface area contributed by atoms with Gasteiger partial charge < -0.3 is 56.8 Å². The Kier molecular flexibility index (Phi) is 10.6. The average molecular weight is 865 g/mol. The zero-order valence-corrected chi connectivity index (χ0v) is 37.8. The predicted molar refractivity (Wildman–Crippen MR) is 250 cm³/mol. The highest BCUT2D eigenvalue weighted by atomic mass is 16.5. The van der Waals surface area contributed by atoms with Gasteiger partial charge in [-0.15, -0.1) is 0 Å². The van der Waals surface area contributed by atoms with E-state index in [9.17, 15) is 0 Å². The maximum absolute atomic E-state index is 6.39. The van der Waals surface area contributed by atoms with Crippen LogP contribution in [0.15, 0.2) is 72.8 Å². The van der Waals surface area contributed by atoms with Crippen molar-refractivity contribution in [2.75, 3.05) is 85.3 Å². The summed E-state index contributed by atoms with van der Waals surface area (Å²) in [4.78, 5) is 0. The minimum absolute atomic E-state index is 0.536. The Morgan fingerprint density at radius 1 is 0.172 bits per heavy atom. The smallest absolute Gasteiger partial charge is 0.134 e. The van der Waals surface area contributed by atoms with E-state index in [1.54, 1.807) is 85.3 Å². The average Bonchev–Trinajstić information content (AvgIpc) is 3.34. The van der Waals surface area contributed by atoms with Crippen molar-refractivity contribution in [3.05, 3.63) is 72.8 Å². The summed E-state index contributed by atoms with van der Waals surface area (Å²) in [5.41, 5.74) is 5.62. The molecule has 0 saturated heterocycles. The monoisotopic (exact) mass is 864 g/mol. The number of ether oxygens (including phenoxy) is 12. The van der Waals surface area contributed by atoms with E-state index in [0.29, 0.717) is 114 Å². The Morgan fingerprint density at radius 3 is 0.562 bits per heavy atom. The first-order valence-electron chi connectivity index (χ1n) is 20.3. The molecule has 0 atom stereocenters. The van der Waals surface area contributed by atoms with Crippen LogP contribution in [-0.2, 0) is 0 Å². The summed E-state index contributed by atoms with van der Waals surface area (Å²) in [5.74, 6) is 6.82. The second-order valence-corrected chi connectivity index (χ2v) is 15.0. The first-order valence-corrected chi connectivity index (χ1v) is 20.3. The van der Waals surface area contributed by atoms with E-state index >= 15 is 0 Å². The molecule has 1 aliphatic rings. The molecule has 0 fully saturated rings. The normalized spacial score (nSPS) is 11.4. The van der Waals surface area contributed by atoms with Crippen molar-refractivity contribution in [1.82, 2.24) is 0 Å². The highest BCUT2D eigenvalue weighted by molar-refractivity contribution is 6.14. The lowest BCUT2D eigenvalue weighted by Gasteiger charge is -2.24. The third-order valence-electron chi connectivity index (χ3n) is 12.3. The molecular weight excluding hydrogens is 817 g/mol. The number of hydrogen-bond acceptors (Lipinski definition) is 12. The lowest BCUT2D eigenvalue weighted by molar-refractivity contribution is 0.394. The van der Waals surface area contributed by atoms with Crippen LogP contribution in [0.2, 0.25) is 0 Å². The van der Waals surface area contributed by atoms with Gasteiger partial charge in [0, 0.05) is 99.7 Å². The zero-order chi connectivity index (χ0) is 45.1. The maximum Gasteiger partial charge on any atom is 0.134 e. The number of hydrogen-bond donors (Lipinski definition) is 0. The molecule has 0 spiro atoms. The molecule has 9 rings (SSSR count). The molecule has 0 unspecified atom stereocenters. The highest BCUT2D eigenvalue weighted by Gasteiger charge is 2.29. The summed E-state index contributed by atoms with van der Waals surface area (Å²) in [6.45, 7) is 0. The number of benzene rings is 8. The van der Waals surface area contributed by atoms with E-state index in [2.05, 4.69) is 0 Å².